The minimum atomic E-state index is -0.202. The van der Waals surface area contributed by atoms with Crippen molar-refractivity contribution in [1.29, 1.82) is 0 Å². The first kappa shape index (κ1) is 12.7. The molecule has 1 heterocycles. The minimum absolute atomic E-state index is 0.202. The molecule has 0 fully saturated rings. The Labute approximate surface area is 107 Å². The van der Waals surface area contributed by atoms with Gasteiger partial charge in [-0.1, -0.05) is 18.2 Å². The summed E-state index contributed by atoms with van der Waals surface area (Å²) in [6, 6.07) is 12.6. The molecule has 1 N–H and O–H groups in total. The lowest BCUT2D eigenvalue weighted by Gasteiger charge is -2.16. The molecule has 1 aromatic carbocycles. The first-order valence-electron chi connectivity index (χ1n) is 6.12. The normalized spacial score (nSPS) is 12.3. The van der Waals surface area contributed by atoms with Crippen LogP contribution >= 0.6 is 0 Å². The van der Waals surface area contributed by atoms with E-state index in [0.29, 0.717) is 0 Å². The molecule has 0 spiro atoms. The second-order valence-corrected chi connectivity index (χ2v) is 4.25. The maximum Gasteiger partial charge on any atom is 0.123 e. The van der Waals surface area contributed by atoms with Crippen LogP contribution in [0, 0.1) is 5.82 Å². The van der Waals surface area contributed by atoms with E-state index in [2.05, 4.69) is 10.3 Å². The summed E-state index contributed by atoms with van der Waals surface area (Å²) in [7, 11) is 1.93. The largest absolute Gasteiger partial charge is 0.320 e. The summed E-state index contributed by atoms with van der Waals surface area (Å²) in [5.41, 5.74) is 2.13. The van der Waals surface area contributed by atoms with E-state index in [0.717, 1.165) is 24.2 Å². The first-order valence-corrected chi connectivity index (χ1v) is 6.12. The Kier molecular flexibility index (Phi) is 4.42. The van der Waals surface area contributed by atoms with Crippen LogP contribution in [0.4, 0.5) is 4.39 Å². The van der Waals surface area contributed by atoms with Crippen molar-refractivity contribution in [3.05, 3.63) is 65.7 Å². The Balaban J connectivity index is 2.27. The van der Waals surface area contributed by atoms with Gasteiger partial charge in [0, 0.05) is 17.8 Å². The number of nitrogens with one attached hydrogen (secondary N) is 1. The molecular weight excluding hydrogens is 227 g/mol. The molecule has 0 unspecified atom stereocenters. The number of hydrogen-bond acceptors (Lipinski definition) is 2. The number of rotatable bonds is 5. The van der Waals surface area contributed by atoms with Crippen LogP contribution in [0.5, 0.6) is 0 Å². The van der Waals surface area contributed by atoms with Crippen LogP contribution in [-0.4, -0.2) is 18.6 Å². The SMILES string of the molecule is CNCC[C@H](c1ccc(F)cc1)c1ccccn1. The molecule has 0 amide bonds. The monoisotopic (exact) mass is 244 g/mol. The molecule has 2 nitrogen and oxygen atoms in total. The van der Waals surface area contributed by atoms with Gasteiger partial charge in [0.1, 0.15) is 5.82 Å². The van der Waals surface area contributed by atoms with Crippen LogP contribution in [0.3, 0.4) is 0 Å². The highest BCUT2D eigenvalue weighted by Gasteiger charge is 2.14. The van der Waals surface area contributed by atoms with E-state index in [9.17, 15) is 4.39 Å². The number of hydrogen-bond donors (Lipinski definition) is 1. The summed E-state index contributed by atoms with van der Waals surface area (Å²) in [6.07, 6.45) is 2.74. The van der Waals surface area contributed by atoms with Crippen molar-refractivity contribution in [2.75, 3.05) is 13.6 Å². The second kappa shape index (κ2) is 6.26. The lowest BCUT2D eigenvalue weighted by molar-refractivity contribution is 0.621. The third kappa shape index (κ3) is 3.14. The molecule has 94 valence electrons. The van der Waals surface area contributed by atoms with Gasteiger partial charge in [-0.15, -0.1) is 0 Å². The van der Waals surface area contributed by atoms with Crippen molar-refractivity contribution in [2.45, 2.75) is 12.3 Å². The van der Waals surface area contributed by atoms with E-state index in [4.69, 9.17) is 0 Å². The predicted molar refractivity (Wildman–Crippen MR) is 71.0 cm³/mol. The van der Waals surface area contributed by atoms with Gasteiger partial charge in [0.25, 0.3) is 0 Å². The standard InChI is InChI=1S/C15H17FN2/c1-17-11-9-14(15-4-2-3-10-18-15)12-5-7-13(16)8-6-12/h2-8,10,14,17H,9,11H2,1H3/t14-/m1/s1. The zero-order valence-electron chi connectivity index (χ0n) is 10.4. The van der Waals surface area contributed by atoms with E-state index < -0.39 is 0 Å². The van der Waals surface area contributed by atoms with Crippen LogP contribution in [0.1, 0.15) is 23.6 Å². The molecule has 1 atom stereocenters. The zero-order valence-corrected chi connectivity index (χ0v) is 10.4. The Hall–Kier alpha value is -1.74. The molecule has 2 rings (SSSR count). The third-order valence-corrected chi connectivity index (χ3v) is 3.00. The van der Waals surface area contributed by atoms with Crippen LogP contribution in [0.15, 0.2) is 48.7 Å². The lowest BCUT2D eigenvalue weighted by Crippen LogP contribution is -2.14. The summed E-state index contributed by atoms with van der Waals surface area (Å²) in [5.74, 6) is 0.00591. The predicted octanol–water partition coefficient (Wildman–Crippen LogP) is 2.96. The van der Waals surface area contributed by atoms with Gasteiger partial charge < -0.3 is 5.32 Å². The number of aromatic nitrogens is 1. The van der Waals surface area contributed by atoms with Crippen molar-refractivity contribution in [3.8, 4) is 0 Å². The highest BCUT2D eigenvalue weighted by atomic mass is 19.1. The second-order valence-electron chi connectivity index (χ2n) is 4.25. The van der Waals surface area contributed by atoms with Gasteiger partial charge in [0.15, 0.2) is 0 Å². The van der Waals surface area contributed by atoms with E-state index in [-0.39, 0.29) is 11.7 Å². The van der Waals surface area contributed by atoms with Crippen molar-refractivity contribution in [2.24, 2.45) is 0 Å². The van der Waals surface area contributed by atoms with E-state index in [1.807, 2.05) is 37.4 Å². The molecule has 0 radical (unpaired) electrons. The van der Waals surface area contributed by atoms with Gasteiger partial charge >= 0.3 is 0 Å². The molecule has 0 saturated carbocycles. The Morgan fingerprint density at radius 2 is 1.94 bits per heavy atom. The fraction of sp³-hybridized carbons (Fsp3) is 0.267. The highest BCUT2D eigenvalue weighted by molar-refractivity contribution is 5.28. The number of nitrogens with zero attached hydrogens (tertiary/aromatic N) is 1. The topological polar surface area (TPSA) is 24.9 Å². The van der Waals surface area contributed by atoms with Crippen molar-refractivity contribution in [3.63, 3.8) is 0 Å². The summed E-state index contributed by atoms with van der Waals surface area (Å²) in [4.78, 5) is 4.41. The number of halogens is 1. The maximum absolute atomic E-state index is 13.0. The Morgan fingerprint density at radius 1 is 1.17 bits per heavy atom. The minimum Gasteiger partial charge on any atom is -0.320 e. The first-order chi connectivity index (χ1) is 8.81. The quantitative estimate of drug-likeness (QED) is 0.874. The Bertz CT molecular complexity index is 468. The van der Waals surface area contributed by atoms with Gasteiger partial charge in [-0.2, -0.15) is 0 Å². The van der Waals surface area contributed by atoms with Gasteiger partial charge in [-0.3, -0.25) is 4.98 Å². The van der Waals surface area contributed by atoms with Gasteiger partial charge in [0.2, 0.25) is 0 Å². The summed E-state index contributed by atoms with van der Waals surface area (Å²) >= 11 is 0. The summed E-state index contributed by atoms with van der Waals surface area (Å²) in [5, 5.41) is 3.15. The van der Waals surface area contributed by atoms with E-state index in [1.165, 1.54) is 12.1 Å². The van der Waals surface area contributed by atoms with Crippen LogP contribution in [0.25, 0.3) is 0 Å². The maximum atomic E-state index is 13.0. The Morgan fingerprint density at radius 3 is 2.56 bits per heavy atom. The summed E-state index contributed by atoms with van der Waals surface area (Å²) < 4.78 is 13.0. The molecule has 2 aromatic rings. The van der Waals surface area contributed by atoms with E-state index >= 15 is 0 Å². The molecule has 0 bridgehead atoms. The zero-order chi connectivity index (χ0) is 12.8. The van der Waals surface area contributed by atoms with Gasteiger partial charge in [0.05, 0.1) is 0 Å². The third-order valence-electron chi connectivity index (χ3n) is 3.00. The highest BCUT2D eigenvalue weighted by Crippen LogP contribution is 2.26. The fourth-order valence-corrected chi connectivity index (χ4v) is 2.05. The van der Waals surface area contributed by atoms with Gasteiger partial charge in [-0.25, -0.2) is 4.39 Å². The number of pyridine rings is 1. The average Bonchev–Trinajstić information content (AvgIpc) is 2.42. The lowest BCUT2D eigenvalue weighted by atomic mass is 9.92. The van der Waals surface area contributed by atoms with Crippen molar-refractivity contribution < 1.29 is 4.39 Å². The average molecular weight is 244 g/mol. The molecular formula is C15H17FN2. The molecule has 1 aromatic heterocycles. The smallest absolute Gasteiger partial charge is 0.123 e. The van der Waals surface area contributed by atoms with Crippen LogP contribution in [0.2, 0.25) is 0 Å². The molecule has 0 saturated heterocycles. The van der Waals surface area contributed by atoms with Crippen LogP contribution in [-0.2, 0) is 0 Å². The molecule has 0 aliphatic rings. The molecule has 0 aliphatic heterocycles. The number of benzene rings is 1. The summed E-state index contributed by atoms with van der Waals surface area (Å²) in [6.45, 7) is 0.901. The van der Waals surface area contributed by atoms with Crippen molar-refractivity contribution in [1.82, 2.24) is 10.3 Å². The fourth-order valence-electron chi connectivity index (χ4n) is 2.05. The van der Waals surface area contributed by atoms with Gasteiger partial charge in [-0.05, 0) is 49.8 Å². The molecule has 3 heteroatoms. The molecule has 18 heavy (non-hydrogen) atoms. The van der Waals surface area contributed by atoms with Crippen molar-refractivity contribution >= 4 is 0 Å². The van der Waals surface area contributed by atoms with E-state index in [1.54, 1.807) is 6.20 Å². The molecule has 0 aliphatic carbocycles. The van der Waals surface area contributed by atoms with Crippen LogP contribution < -0.4 is 5.32 Å².